The Kier molecular flexibility index (Phi) is 5.78. The first kappa shape index (κ1) is 13.8. The molecule has 94 valence electrons. The van der Waals surface area contributed by atoms with Crippen molar-refractivity contribution in [1.29, 1.82) is 0 Å². The summed E-state index contributed by atoms with van der Waals surface area (Å²) in [6, 6.07) is 11.1. The van der Waals surface area contributed by atoms with Crippen molar-refractivity contribution < 1.29 is 0 Å². The molecule has 0 saturated carbocycles. The smallest absolute Gasteiger partial charge is 0.0860 e. The number of halogens is 1. The van der Waals surface area contributed by atoms with Crippen molar-refractivity contribution in [3.63, 3.8) is 0 Å². The second-order valence-electron chi connectivity index (χ2n) is 4.32. The number of hydrogen-bond acceptors (Lipinski definition) is 2. The zero-order valence-corrected chi connectivity index (χ0v) is 13.2. The number of thioether (sulfide) groups is 2. The van der Waals surface area contributed by atoms with E-state index in [1.165, 1.54) is 42.8 Å². The molecule has 0 amide bonds. The zero-order chi connectivity index (χ0) is 12.0. The van der Waals surface area contributed by atoms with Gasteiger partial charge in [-0.05, 0) is 18.4 Å². The zero-order valence-electron chi connectivity index (χ0n) is 10.0. The Hall–Kier alpha value is 0.400. The van der Waals surface area contributed by atoms with Crippen LogP contribution in [0.4, 0.5) is 0 Å². The lowest BCUT2D eigenvalue weighted by atomic mass is 10.1. The fourth-order valence-electron chi connectivity index (χ4n) is 2.23. The van der Waals surface area contributed by atoms with Crippen molar-refractivity contribution in [2.24, 2.45) is 0 Å². The van der Waals surface area contributed by atoms with Crippen LogP contribution in [0.1, 0.15) is 31.2 Å². The molecular formula is C14H19BrS2. The minimum atomic E-state index is 0.355. The summed E-state index contributed by atoms with van der Waals surface area (Å²) in [5.74, 6) is 2.61. The van der Waals surface area contributed by atoms with E-state index in [2.05, 4.69) is 69.8 Å². The van der Waals surface area contributed by atoms with Gasteiger partial charge in [-0.15, -0.1) is 23.5 Å². The maximum absolute atomic E-state index is 3.51. The average Bonchev–Trinajstić information content (AvgIpc) is 2.86. The SMILES string of the molecule is BrCCCCCC1(c2ccccc2)SCCS1. The lowest BCUT2D eigenvalue weighted by Crippen LogP contribution is -2.14. The van der Waals surface area contributed by atoms with Crippen LogP contribution < -0.4 is 0 Å². The third-order valence-corrected chi connectivity index (χ3v) is 7.26. The minimum absolute atomic E-state index is 0.355. The first-order chi connectivity index (χ1) is 8.37. The molecule has 2 rings (SSSR count). The molecule has 0 aliphatic carbocycles. The fourth-order valence-corrected chi connectivity index (χ4v) is 5.97. The van der Waals surface area contributed by atoms with Crippen LogP contribution in [-0.4, -0.2) is 16.8 Å². The van der Waals surface area contributed by atoms with Crippen molar-refractivity contribution in [3.05, 3.63) is 35.9 Å². The molecule has 1 aromatic carbocycles. The van der Waals surface area contributed by atoms with E-state index >= 15 is 0 Å². The van der Waals surface area contributed by atoms with Gasteiger partial charge in [-0.25, -0.2) is 0 Å². The molecule has 0 radical (unpaired) electrons. The van der Waals surface area contributed by atoms with Crippen LogP contribution in [0, 0.1) is 0 Å². The molecule has 0 bridgehead atoms. The quantitative estimate of drug-likeness (QED) is 0.514. The molecular weight excluding hydrogens is 312 g/mol. The Balaban J connectivity index is 2.00. The van der Waals surface area contributed by atoms with Crippen LogP contribution in [0.5, 0.6) is 0 Å². The third-order valence-electron chi connectivity index (χ3n) is 3.11. The van der Waals surface area contributed by atoms with Crippen molar-refractivity contribution in [3.8, 4) is 0 Å². The van der Waals surface area contributed by atoms with E-state index in [4.69, 9.17) is 0 Å². The molecule has 0 aromatic heterocycles. The second kappa shape index (κ2) is 7.10. The Bertz CT molecular complexity index is 320. The summed E-state index contributed by atoms with van der Waals surface area (Å²) in [5, 5.41) is 1.14. The van der Waals surface area contributed by atoms with Crippen LogP contribution in [0.15, 0.2) is 30.3 Å². The molecule has 0 N–H and O–H groups in total. The first-order valence-electron chi connectivity index (χ1n) is 6.27. The van der Waals surface area contributed by atoms with Gasteiger partial charge in [0.15, 0.2) is 0 Å². The van der Waals surface area contributed by atoms with Crippen molar-refractivity contribution in [2.45, 2.75) is 29.8 Å². The number of alkyl halides is 1. The second-order valence-corrected chi connectivity index (χ2v) is 8.15. The number of benzene rings is 1. The van der Waals surface area contributed by atoms with E-state index in [9.17, 15) is 0 Å². The molecule has 1 aliphatic rings. The molecule has 0 unspecified atom stereocenters. The van der Waals surface area contributed by atoms with E-state index in [0.29, 0.717) is 4.08 Å². The highest BCUT2D eigenvalue weighted by Gasteiger charge is 2.36. The highest BCUT2D eigenvalue weighted by Crippen LogP contribution is 2.54. The molecule has 1 heterocycles. The summed E-state index contributed by atoms with van der Waals surface area (Å²) in [5.41, 5.74) is 1.52. The monoisotopic (exact) mass is 330 g/mol. The van der Waals surface area contributed by atoms with Crippen molar-refractivity contribution in [2.75, 3.05) is 16.8 Å². The Morgan fingerprint density at radius 3 is 2.35 bits per heavy atom. The predicted octanol–water partition coefficient (Wildman–Crippen LogP) is 5.27. The lowest BCUT2D eigenvalue weighted by Gasteiger charge is -2.28. The van der Waals surface area contributed by atoms with Crippen LogP contribution in [0.2, 0.25) is 0 Å². The van der Waals surface area contributed by atoms with E-state index in [-0.39, 0.29) is 0 Å². The van der Waals surface area contributed by atoms with Gasteiger partial charge in [0.05, 0.1) is 4.08 Å². The number of hydrogen-bond donors (Lipinski definition) is 0. The van der Waals surface area contributed by atoms with Gasteiger partial charge in [0.1, 0.15) is 0 Å². The van der Waals surface area contributed by atoms with Gasteiger partial charge in [-0.3, -0.25) is 0 Å². The summed E-state index contributed by atoms with van der Waals surface area (Å²) in [6.45, 7) is 0. The van der Waals surface area contributed by atoms with Gasteiger partial charge in [0.2, 0.25) is 0 Å². The first-order valence-corrected chi connectivity index (χ1v) is 9.36. The van der Waals surface area contributed by atoms with Gasteiger partial charge in [0.25, 0.3) is 0 Å². The normalized spacial score (nSPS) is 18.4. The topological polar surface area (TPSA) is 0 Å². The van der Waals surface area contributed by atoms with Gasteiger partial charge in [0, 0.05) is 16.8 Å². The van der Waals surface area contributed by atoms with Gasteiger partial charge >= 0.3 is 0 Å². The third kappa shape index (κ3) is 3.68. The van der Waals surface area contributed by atoms with E-state index in [0.717, 1.165) is 5.33 Å². The highest BCUT2D eigenvalue weighted by atomic mass is 79.9. The summed E-state index contributed by atoms with van der Waals surface area (Å²) >= 11 is 7.82. The van der Waals surface area contributed by atoms with Crippen LogP contribution in [-0.2, 0) is 4.08 Å². The molecule has 1 fully saturated rings. The Morgan fingerprint density at radius 2 is 1.71 bits per heavy atom. The van der Waals surface area contributed by atoms with Gasteiger partial charge in [-0.1, -0.05) is 59.1 Å². The predicted molar refractivity (Wildman–Crippen MR) is 85.3 cm³/mol. The van der Waals surface area contributed by atoms with E-state index in [1.54, 1.807) is 0 Å². The molecule has 3 heteroatoms. The van der Waals surface area contributed by atoms with E-state index < -0.39 is 0 Å². The molecule has 1 saturated heterocycles. The molecule has 1 aliphatic heterocycles. The molecule has 17 heavy (non-hydrogen) atoms. The van der Waals surface area contributed by atoms with Gasteiger partial charge in [-0.2, -0.15) is 0 Å². The van der Waals surface area contributed by atoms with Crippen LogP contribution in [0.25, 0.3) is 0 Å². The summed E-state index contributed by atoms with van der Waals surface area (Å²) in [6.07, 6.45) is 5.32. The van der Waals surface area contributed by atoms with Crippen molar-refractivity contribution in [1.82, 2.24) is 0 Å². The lowest BCUT2D eigenvalue weighted by molar-refractivity contribution is 0.643. The largest absolute Gasteiger partial charge is 0.139 e. The van der Waals surface area contributed by atoms with E-state index in [1.807, 2.05) is 0 Å². The molecule has 1 aromatic rings. The standard InChI is InChI=1S/C14H19BrS2/c15-10-6-2-5-9-14(16-11-12-17-14)13-7-3-1-4-8-13/h1,3-4,7-8H,2,5-6,9-12H2. The maximum atomic E-state index is 3.51. The summed E-state index contributed by atoms with van der Waals surface area (Å²) in [4.78, 5) is 0. The molecule has 0 spiro atoms. The maximum Gasteiger partial charge on any atom is 0.0860 e. The summed E-state index contributed by atoms with van der Waals surface area (Å²) in [7, 11) is 0. The van der Waals surface area contributed by atoms with Crippen LogP contribution in [0.3, 0.4) is 0 Å². The van der Waals surface area contributed by atoms with Gasteiger partial charge < -0.3 is 0 Å². The Labute approximate surface area is 121 Å². The number of unbranched alkanes of at least 4 members (excludes halogenated alkanes) is 2. The number of rotatable bonds is 6. The molecule has 0 nitrogen and oxygen atoms in total. The highest BCUT2D eigenvalue weighted by molar-refractivity contribution is 9.09. The fraction of sp³-hybridized carbons (Fsp3) is 0.571. The summed E-state index contributed by atoms with van der Waals surface area (Å²) < 4.78 is 0.355. The minimum Gasteiger partial charge on any atom is -0.139 e. The molecule has 0 atom stereocenters. The average molecular weight is 331 g/mol. The van der Waals surface area contributed by atoms with Crippen molar-refractivity contribution >= 4 is 39.5 Å². The Morgan fingerprint density at radius 1 is 1.00 bits per heavy atom. The van der Waals surface area contributed by atoms with Crippen LogP contribution >= 0.6 is 39.5 Å².